The van der Waals surface area contributed by atoms with Gasteiger partial charge in [-0.05, 0) is 18.6 Å². The zero-order valence-corrected chi connectivity index (χ0v) is 10.0. The predicted molar refractivity (Wildman–Crippen MR) is 59.8 cm³/mol. The average molecular weight is 273 g/mol. The second-order valence-corrected chi connectivity index (χ2v) is 4.42. The van der Waals surface area contributed by atoms with Crippen LogP contribution in [0.25, 0.3) is 0 Å². The Hall–Kier alpha value is -0.580. The molecule has 2 unspecified atom stereocenters. The molecule has 0 aliphatic carbocycles. The fraction of sp³-hybridized carbons (Fsp3) is 0.455. The summed E-state index contributed by atoms with van der Waals surface area (Å²) in [5.74, 6) is 0.785. The van der Waals surface area contributed by atoms with E-state index in [0.29, 0.717) is 6.42 Å². The van der Waals surface area contributed by atoms with Crippen LogP contribution in [0.2, 0.25) is 0 Å². The lowest BCUT2D eigenvalue weighted by atomic mass is 10.0. The molecule has 0 bridgehead atoms. The standard InChI is InChI=1S/C11H13BrO3/c1-2-9(13)11-8-4-3-7(12)5-10(8)14-6-15-11/h3-5,9,11,13H,2,6H2,1H3. The van der Waals surface area contributed by atoms with Gasteiger partial charge >= 0.3 is 0 Å². The zero-order chi connectivity index (χ0) is 10.8. The highest BCUT2D eigenvalue weighted by molar-refractivity contribution is 9.10. The van der Waals surface area contributed by atoms with Gasteiger partial charge in [-0.1, -0.05) is 28.9 Å². The number of hydrogen-bond acceptors (Lipinski definition) is 3. The quantitative estimate of drug-likeness (QED) is 0.900. The van der Waals surface area contributed by atoms with Crippen LogP contribution >= 0.6 is 15.9 Å². The summed E-state index contributed by atoms with van der Waals surface area (Å²) in [4.78, 5) is 0. The summed E-state index contributed by atoms with van der Waals surface area (Å²) in [5, 5.41) is 9.81. The predicted octanol–water partition coefficient (Wildman–Crippen LogP) is 2.63. The van der Waals surface area contributed by atoms with Crippen LogP contribution in [0.5, 0.6) is 5.75 Å². The largest absolute Gasteiger partial charge is 0.467 e. The Morgan fingerprint density at radius 1 is 1.60 bits per heavy atom. The van der Waals surface area contributed by atoms with E-state index in [1.165, 1.54) is 0 Å². The molecule has 0 radical (unpaired) electrons. The van der Waals surface area contributed by atoms with Crippen molar-refractivity contribution < 1.29 is 14.6 Å². The van der Waals surface area contributed by atoms with Crippen LogP contribution in [0.3, 0.4) is 0 Å². The van der Waals surface area contributed by atoms with Gasteiger partial charge in [0.15, 0.2) is 6.79 Å². The molecule has 0 spiro atoms. The number of aliphatic hydroxyl groups is 1. The first kappa shape index (κ1) is 10.9. The second-order valence-electron chi connectivity index (χ2n) is 3.51. The molecule has 1 aliphatic heterocycles. The Morgan fingerprint density at radius 3 is 3.13 bits per heavy atom. The summed E-state index contributed by atoms with van der Waals surface area (Å²) in [6, 6.07) is 5.74. The molecular formula is C11H13BrO3. The van der Waals surface area contributed by atoms with E-state index in [-0.39, 0.29) is 12.9 Å². The van der Waals surface area contributed by atoms with Crippen LogP contribution < -0.4 is 4.74 Å². The number of benzene rings is 1. The Morgan fingerprint density at radius 2 is 2.40 bits per heavy atom. The van der Waals surface area contributed by atoms with E-state index < -0.39 is 6.10 Å². The Bertz CT molecular complexity index is 354. The van der Waals surface area contributed by atoms with Gasteiger partial charge in [0, 0.05) is 10.0 Å². The fourth-order valence-electron chi connectivity index (χ4n) is 1.66. The van der Waals surface area contributed by atoms with E-state index in [2.05, 4.69) is 15.9 Å². The van der Waals surface area contributed by atoms with E-state index in [9.17, 15) is 5.11 Å². The van der Waals surface area contributed by atoms with Gasteiger partial charge in [-0.2, -0.15) is 0 Å². The summed E-state index contributed by atoms with van der Waals surface area (Å²) >= 11 is 3.38. The molecule has 4 heteroatoms. The molecule has 1 aliphatic rings. The maximum atomic E-state index is 9.81. The summed E-state index contributed by atoms with van der Waals surface area (Å²) in [6.07, 6.45) is -0.0825. The number of halogens is 1. The van der Waals surface area contributed by atoms with Gasteiger partial charge in [-0.3, -0.25) is 0 Å². The molecule has 0 amide bonds. The van der Waals surface area contributed by atoms with Crippen LogP contribution in [-0.4, -0.2) is 18.0 Å². The van der Waals surface area contributed by atoms with Crippen molar-refractivity contribution in [2.24, 2.45) is 0 Å². The lowest BCUT2D eigenvalue weighted by Gasteiger charge is -2.29. The van der Waals surface area contributed by atoms with Crippen LogP contribution in [0, 0.1) is 0 Å². The molecule has 0 fully saturated rings. The van der Waals surface area contributed by atoms with Gasteiger partial charge < -0.3 is 14.6 Å². The lowest BCUT2D eigenvalue weighted by Crippen LogP contribution is -2.26. The van der Waals surface area contributed by atoms with Gasteiger partial charge in [-0.15, -0.1) is 0 Å². The highest BCUT2D eigenvalue weighted by Crippen LogP contribution is 2.36. The van der Waals surface area contributed by atoms with Gasteiger partial charge in [0.05, 0.1) is 6.10 Å². The van der Waals surface area contributed by atoms with Gasteiger partial charge in [0.25, 0.3) is 0 Å². The number of aliphatic hydroxyl groups excluding tert-OH is 1. The highest BCUT2D eigenvalue weighted by atomic mass is 79.9. The average Bonchev–Trinajstić information content (AvgIpc) is 2.26. The van der Waals surface area contributed by atoms with E-state index in [1.54, 1.807) is 0 Å². The molecule has 2 rings (SSSR count). The third-order valence-electron chi connectivity index (χ3n) is 2.51. The Kier molecular flexibility index (Phi) is 3.29. The van der Waals surface area contributed by atoms with Crippen molar-refractivity contribution in [3.8, 4) is 5.75 Å². The second kappa shape index (κ2) is 4.51. The topological polar surface area (TPSA) is 38.7 Å². The van der Waals surface area contributed by atoms with Gasteiger partial charge in [0.2, 0.25) is 0 Å². The minimum Gasteiger partial charge on any atom is -0.467 e. The van der Waals surface area contributed by atoms with Crippen molar-refractivity contribution in [2.75, 3.05) is 6.79 Å². The van der Waals surface area contributed by atoms with Crippen molar-refractivity contribution >= 4 is 15.9 Å². The van der Waals surface area contributed by atoms with Crippen molar-refractivity contribution in [3.05, 3.63) is 28.2 Å². The maximum absolute atomic E-state index is 9.81. The molecule has 3 nitrogen and oxygen atoms in total. The molecule has 1 aromatic rings. The molecule has 15 heavy (non-hydrogen) atoms. The molecule has 82 valence electrons. The van der Waals surface area contributed by atoms with Crippen molar-refractivity contribution in [1.82, 2.24) is 0 Å². The van der Waals surface area contributed by atoms with Crippen molar-refractivity contribution in [2.45, 2.75) is 25.6 Å². The molecule has 0 aromatic heterocycles. The third-order valence-corrected chi connectivity index (χ3v) is 3.01. The number of rotatable bonds is 2. The van der Waals surface area contributed by atoms with Crippen molar-refractivity contribution in [3.63, 3.8) is 0 Å². The Labute approximate surface area is 97.1 Å². The first-order valence-corrected chi connectivity index (χ1v) is 5.73. The minimum absolute atomic E-state index is 0.200. The van der Waals surface area contributed by atoms with E-state index in [1.807, 2.05) is 25.1 Å². The minimum atomic E-state index is -0.478. The summed E-state index contributed by atoms with van der Waals surface area (Å²) in [6.45, 7) is 2.13. The molecule has 1 heterocycles. The molecular weight excluding hydrogens is 260 g/mol. The molecule has 2 atom stereocenters. The summed E-state index contributed by atoms with van der Waals surface area (Å²) < 4.78 is 11.7. The summed E-state index contributed by atoms with van der Waals surface area (Å²) in [5.41, 5.74) is 0.916. The number of hydrogen-bond donors (Lipinski definition) is 1. The molecule has 0 saturated heterocycles. The van der Waals surface area contributed by atoms with E-state index in [0.717, 1.165) is 15.8 Å². The maximum Gasteiger partial charge on any atom is 0.189 e. The van der Waals surface area contributed by atoms with E-state index in [4.69, 9.17) is 9.47 Å². The summed E-state index contributed by atoms with van der Waals surface area (Å²) in [7, 11) is 0. The smallest absolute Gasteiger partial charge is 0.189 e. The SMILES string of the molecule is CCC(O)C1OCOc2cc(Br)ccc21. The van der Waals surface area contributed by atoms with Crippen LogP contribution in [-0.2, 0) is 4.74 Å². The monoisotopic (exact) mass is 272 g/mol. The number of ether oxygens (including phenoxy) is 2. The van der Waals surface area contributed by atoms with Gasteiger partial charge in [-0.25, -0.2) is 0 Å². The first-order valence-electron chi connectivity index (χ1n) is 4.94. The van der Waals surface area contributed by atoms with E-state index >= 15 is 0 Å². The highest BCUT2D eigenvalue weighted by Gasteiger charge is 2.27. The zero-order valence-electron chi connectivity index (χ0n) is 8.44. The van der Waals surface area contributed by atoms with Crippen LogP contribution in [0.1, 0.15) is 25.0 Å². The molecule has 1 N–H and O–H groups in total. The van der Waals surface area contributed by atoms with Crippen LogP contribution in [0.4, 0.5) is 0 Å². The normalized spacial score (nSPS) is 21.7. The molecule has 0 saturated carbocycles. The first-order chi connectivity index (χ1) is 7.22. The van der Waals surface area contributed by atoms with Crippen molar-refractivity contribution in [1.29, 1.82) is 0 Å². The fourth-order valence-corrected chi connectivity index (χ4v) is 2.00. The van der Waals surface area contributed by atoms with Crippen LogP contribution in [0.15, 0.2) is 22.7 Å². The number of fused-ring (bicyclic) bond motifs is 1. The molecule has 1 aromatic carbocycles. The Balaban J connectivity index is 2.34. The lowest BCUT2D eigenvalue weighted by molar-refractivity contribution is -0.109. The van der Waals surface area contributed by atoms with Gasteiger partial charge in [0.1, 0.15) is 11.9 Å². The third kappa shape index (κ3) is 2.17.